The number of likely N-dealkylation sites (tertiary alicyclic amines) is 1. The first-order chi connectivity index (χ1) is 13.8. The second-order valence-electron chi connectivity index (χ2n) is 7.71. The molecule has 0 saturated carbocycles. The van der Waals surface area contributed by atoms with Gasteiger partial charge in [0.05, 0.1) is 28.7 Å². The van der Waals surface area contributed by atoms with E-state index in [0.717, 1.165) is 18.5 Å². The Morgan fingerprint density at radius 2 is 1.86 bits per heavy atom. The van der Waals surface area contributed by atoms with Crippen LogP contribution in [0.5, 0.6) is 0 Å². The molecule has 1 atom stereocenters. The maximum absolute atomic E-state index is 13.2. The van der Waals surface area contributed by atoms with Gasteiger partial charge in [-0.05, 0) is 51.7 Å². The van der Waals surface area contributed by atoms with Crippen molar-refractivity contribution in [1.82, 2.24) is 19.5 Å². The van der Waals surface area contributed by atoms with Gasteiger partial charge in [-0.2, -0.15) is 0 Å². The SMILES string of the molecule is CCS(=O)(=O)N1CCC(C(=O)N2CCC[C@@H]2c2ccc(C(=O)NC)c(C)n2)CC1. The number of aromatic nitrogens is 1. The molecular formula is C20H30N4O4S. The molecule has 2 amide bonds. The molecule has 0 radical (unpaired) electrons. The number of nitrogens with zero attached hydrogens (tertiary/aromatic N) is 3. The van der Waals surface area contributed by atoms with E-state index in [1.54, 1.807) is 27.0 Å². The van der Waals surface area contributed by atoms with Crippen LogP contribution in [0.4, 0.5) is 0 Å². The van der Waals surface area contributed by atoms with Gasteiger partial charge in [0.15, 0.2) is 0 Å². The van der Waals surface area contributed by atoms with Gasteiger partial charge < -0.3 is 10.2 Å². The smallest absolute Gasteiger partial charge is 0.252 e. The van der Waals surface area contributed by atoms with Crippen LogP contribution in [-0.2, 0) is 14.8 Å². The number of pyridine rings is 1. The standard InChI is InChI=1S/C20H30N4O4S/c1-4-29(27,28)23-12-9-15(10-13-23)20(26)24-11-5-6-18(24)17-8-7-16(14(2)22-17)19(25)21-3/h7-8,15,18H,4-6,9-13H2,1-3H3,(H,21,25)/t18-/m1/s1. The first-order valence-corrected chi connectivity index (χ1v) is 11.9. The maximum Gasteiger partial charge on any atom is 0.252 e. The molecule has 2 aliphatic rings. The highest BCUT2D eigenvalue weighted by molar-refractivity contribution is 7.89. The van der Waals surface area contributed by atoms with Crippen LogP contribution < -0.4 is 5.32 Å². The van der Waals surface area contributed by atoms with Gasteiger partial charge in [0.1, 0.15) is 0 Å². The molecule has 2 fully saturated rings. The Bertz CT molecular complexity index is 878. The molecule has 3 rings (SSSR count). The quantitative estimate of drug-likeness (QED) is 0.775. The number of piperidine rings is 1. The zero-order valence-corrected chi connectivity index (χ0v) is 18.2. The zero-order valence-electron chi connectivity index (χ0n) is 17.3. The fourth-order valence-corrected chi connectivity index (χ4v) is 5.41. The van der Waals surface area contributed by atoms with E-state index >= 15 is 0 Å². The van der Waals surface area contributed by atoms with Crippen LogP contribution in [0, 0.1) is 12.8 Å². The predicted molar refractivity (Wildman–Crippen MR) is 110 cm³/mol. The summed E-state index contributed by atoms with van der Waals surface area (Å²) in [5.74, 6) is -0.132. The first kappa shape index (κ1) is 21.7. The van der Waals surface area contributed by atoms with Crippen molar-refractivity contribution >= 4 is 21.8 Å². The third-order valence-electron chi connectivity index (χ3n) is 6.02. The molecule has 1 N–H and O–H groups in total. The fourth-order valence-electron chi connectivity index (χ4n) is 4.28. The van der Waals surface area contributed by atoms with Crippen LogP contribution in [0.1, 0.15) is 60.4 Å². The molecular weight excluding hydrogens is 392 g/mol. The predicted octanol–water partition coefficient (Wildman–Crippen LogP) is 1.47. The van der Waals surface area contributed by atoms with E-state index < -0.39 is 10.0 Å². The highest BCUT2D eigenvalue weighted by Crippen LogP contribution is 2.34. The van der Waals surface area contributed by atoms with Gasteiger partial charge in [-0.25, -0.2) is 12.7 Å². The Labute approximate surface area is 172 Å². The van der Waals surface area contributed by atoms with E-state index in [4.69, 9.17) is 0 Å². The molecule has 0 spiro atoms. The van der Waals surface area contributed by atoms with Gasteiger partial charge in [-0.1, -0.05) is 0 Å². The lowest BCUT2D eigenvalue weighted by molar-refractivity contribution is -0.137. The summed E-state index contributed by atoms with van der Waals surface area (Å²) in [4.78, 5) is 31.6. The maximum atomic E-state index is 13.2. The third kappa shape index (κ3) is 4.45. The molecule has 9 heteroatoms. The highest BCUT2D eigenvalue weighted by Gasteiger charge is 2.37. The molecule has 2 saturated heterocycles. The van der Waals surface area contributed by atoms with Gasteiger partial charge >= 0.3 is 0 Å². The zero-order chi connectivity index (χ0) is 21.2. The van der Waals surface area contributed by atoms with Crippen molar-refractivity contribution < 1.29 is 18.0 Å². The van der Waals surface area contributed by atoms with Gasteiger partial charge in [0.25, 0.3) is 5.91 Å². The average molecular weight is 423 g/mol. The monoisotopic (exact) mass is 422 g/mol. The summed E-state index contributed by atoms with van der Waals surface area (Å²) in [6, 6.07) is 3.52. The van der Waals surface area contributed by atoms with E-state index in [2.05, 4.69) is 10.3 Å². The minimum Gasteiger partial charge on any atom is -0.355 e. The topological polar surface area (TPSA) is 99.7 Å². The van der Waals surface area contributed by atoms with Crippen LogP contribution in [0.2, 0.25) is 0 Å². The largest absolute Gasteiger partial charge is 0.355 e. The van der Waals surface area contributed by atoms with E-state index in [1.807, 2.05) is 11.0 Å². The Hall–Kier alpha value is -2.00. The average Bonchev–Trinajstić information content (AvgIpc) is 3.22. The van der Waals surface area contributed by atoms with Crippen molar-refractivity contribution in [3.8, 4) is 0 Å². The van der Waals surface area contributed by atoms with Crippen molar-refractivity contribution in [2.75, 3.05) is 32.4 Å². The Balaban J connectivity index is 1.70. The van der Waals surface area contributed by atoms with E-state index in [-0.39, 0.29) is 29.5 Å². The highest BCUT2D eigenvalue weighted by atomic mass is 32.2. The van der Waals surface area contributed by atoms with Crippen LogP contribution in [0.3, 0.4) is 0 Å². The van der Waals surface area contributed by atoms with Crippen molar-refractivity contribution in [1.29, 1.82) is 0 Å². The summed E-state index contributed by atoms with van der Waals surface area (Å²) in [6.45, 7) is 4.95. The summed E-state index contributed by atoms with van der Waals surface area (Å²) >= 11 is 0. The number of carbonyl (C=O) groups is 2. The van der Waals surface area contributed by atoms with Crippen molar-refractivity contribution in [2.24, 2.45) is 5.92 Å². The lowest BCUT2D eigenvalue weighted by Crippen LogP contribution is -2.44. The summed E-state index contributed by atoms with van der Waals surface area (Å²) in [5, 5.41) is 2.61. The Morgan fingerprint density at radius 1 is 1.17 bits per heavy atom. The minimum atomic E-state index is -3.20. The molecule has 0 aromatic carbocycles. The molecule has 3 heterocycles. The lowest BCUT2D eigenvalue weighted by atomic mass is 9.96. The molecule has 8 nitrogen and oxygen atoms in total. The molecule has 0 unspecified atom stereocenters. The van der Waals surface area contributed by atoms with E-state index in [1.165, 1.54) is 4.31 Å². The molecule has 0 bridgehead atoms. The second kappa shape index (κ2) is 8.79. The van der Waals surface area contributed by atoms with Crippen molar-refractivity contribution in [3.05, 3.63) is 29.1 Å². The minimum absolute atomic E-state index is 0.0858. The summed E-state index contributed by atoms with van der Waals surface area (Å²) in [7, 11) is -1.61. The van der Waals surface area contributed by atoms with Crippen molar-refractivity contribution in [2.45, 2.75) is 45.6 Å². The molecule has 1 aromatic heterocycles. The summed E-state index contributed by atoms with van der Waals surface area (Å²) in [6.07, 6.45) is 2.88. The van der Waals surface area contributed by atoms with Gasteiger partial charge in [0, 0.05) is 32.6 Å². The Kier molecular flexibility index (Phi) is 6.58. The number of sulfonamides is 1. The van der Waals surface area contributed by atoms with Crippen LogP contribution in [0.15, 0.2) is 12.1 Å². The number of aryl methyl sites for hydroxylation is 1. The van der Waals surface area contributed by atoms with Crippen LogP contribution in [0.25, 0.3) is 0 Å². The van der Waals surface area contributed by atoms with Crippen LogP contribution in [-0.4, -0.2) is 66.9 Å². The normalized spacial score (nSPS) is 21.3. The molecule has 1 aromatic rings. The first-order valence-electron chi connectivity index (χ1n) is 10.3. The number of carbonyl (C=O) groups excluding carboxylic acids is 2. The fraction of sp³-hybridized carbons (Fsp3) is 0.650. The molecule has 2 aliphatic heterocycles. The summed E-state index contributed by atoms with van der Waals surface area (Å²) in [5.41, 5.74) is 2.00. The third-order valence-corrected chi connectivity index (χ3v) is 7.90. The van der Waals surface area contributed by atoms with E-state index in [9.17, 15) is 18.0 Å². The van der Waals surface area contributed by atoms with Gasteiger partial charge in [-0.15, -0.1) is 0 Å². The van der Waals surface area contributed by atoms with Gasteiger partial charge in [0.2, 0.25) is 15.9 Å². The number of hydrogen-bond acceptors (Lipinski definition) is 5. The van der Waals surface area contributed by atoms with Gasteiger partial charge in [-0.3, -0.25) is 14.6 Å². The molecule has 0 aliphatic carbocycles. The van der Waals surface area contributed by atoms with E-state index in [0.29, 0.717) is 43.7 Å². The Morgan fingerprint density at radius 3 is 2.45 bits per heavy atom. The summed E-state index contributed by atoms with van der Waals surface area (Å²) < 4.78 is 25.6. The number of amides is 2. The molecule has 160 valence electrons. The number of nitrogens with one attached hydrogen (secondary N) is 1. The van der Waals surface area contributed by atoms with Crippen molar-refractivity contribution in [3.63, 3.8) is 0 Å². The van der Waals surface area contributed by atoms with Crippen LogP contribution >= 0.6 is 0 Å². The molecule has 29 heavy (non-hydrogen) atoms. The number of hydrogen-bond donors (Lipinski definition) is 1. The lowest BCUT2D eigenvalue weighted by Gasteiger charge is -2.34. The second-order valence-corrected chi connectivity index (χ2v) is 9.97. The number of rotatable bonds is 5.